The summed E-state index contributed by atoms with van der Waals surface area (Å²) >= 11 is 0. The van der Waals surface area contributed by atoms with E-state index < -0.39 is 21.7 Å². The Morgan fingerprint density at radius 1 is 0.244 bits per heavy atom. The van der Waals surface area contributed by atoms with E-state index in [1.54, 1.807) is 0 Å². The molecule has 4 aliphatic carbocycles. The predicted octanol–water partition coefficient (Wildman–Crippen LogP) is 22.9. The van der Waals surface area contributed by atoms with Crippen molar-refractivity contribution in [1.29, 1.82) is 0 Å². The van der Waals surface area contributed by atoms with Crippen molar-refractivity contribution >= 4 is 55.7 Å². The summed E-state index contributed by atoms with van der Waals surface area (Å²) in [5.41, 5.74) is 25.8. The lowest BCUT2D eigenvalue weighted by Gasteiger charge is -2.62. The van der Waals surface area contributed by atoms with E-state index in [-0.39, 0.29) is 10.8 Å². The van der Waals surface area contributed by atoms with E-state index >= 15 is 0 Å². The molecule has 0 N–H and O–H groups in total. The number of hydrogen-bond donors (Lipinski definition) is 0. The average molecular weight is 1110 g/mol. The van der Waals surface area contributed by atoms with Gasteiger partial charge in [-0.1, -0.05) is 263 Å². The minimum absolute atomic E-state index is 0.183. The smallest absolute Gasteiger partial charge is 0.0543 e. The van der Waals surface area contributed by atoms with E-state index in [9.17, 15) is 0 Å². The lowest BCUT2D eigenvalue weighted by atomic mass is 9.39. The van der Waals surface area contributed by atoms with Gasteiger partial charge in [0.05, 0.1) is 11.4 Å². The van der Waals surface area contributed by atoms with E-state index in [0.29, 0.717) is 0 Å². The highest BCUT2D eigenvalue weighted by Gasteiger charge is 2.71. The lowest BCUT2D eigenvalue weighted by molar-refractivity contribution is 0.0595. The van der Waals surface area contributed by atoms with Crippen molar-refractivity contribution in [2.45, 2.75) is 90.9 Å². The van der Waals surface area contributed by atoms with Gasteiger partial charge in [-0.3, -0.25) is 0 Å². The van der Waals surface area contributed by atoms with Crippen LogP contribution < -0.4 is 9.80 Å². The van der Waals surface area contributed by atoms with E-state index in [1.807, 2.05) is 0 Å². The third-order valence-electron chi connectivity index (χ3n) is 21.0. The molecule has 2 heteroatoms. The summed E-state index contributed by atoms with van der Waals surface area (Å²) in [4.78, 5) is 5.16. The summed E-state index contributed by atoms with van der Waals surface area (Å²) in [5, 5.41) is 4.98. The molecule has 2 unspecified atom stereocenters. The van der Waals surface area contributed by atoms with Gasteiger partial charge in [0.2, 0.25) is 0 Å². The molecule has 0 aliphatic heterocycles. The Morgan fingerprint density at radius 3 is 0.919 bits per heavy atom. The maximum Gasteiger partial charge on any atom is 0.0543 e. The van der Waals surface area contributed by atoms with Gasteiger partial charge in [0.15, 0.2) is 0 Å². The Labute approximate surface area is 508 Å². The summed E-state index contributed by atoms with van der Waals surface area (Å²) in [6, 6.07) is 97.9. The fourth-order valence-corrected chi connectivity index (χ4v) is 17.8. The van der Waals surface area contributed by atoms with Crippen LogP contribution in [-0.2, 0) is 21.7 Å². The number of fused-ring (bicyclic) bond motifs is 16. The van der Waals surface area contributed by atoms with Crippen molar-refractivity contribution in [2.24, 2.45) is 10.8 Å². The fourth-order valence-electron chi connectivity index (χ4n) is 17.8. The quantitative estimate of drug-likeness (QED) is 0.157. The van der Waals surface area contributed by atoms with E-state index in [2.05, 4.69) is 334 Å². The lowest BCUT2D eigenvalue weighted by Crippen LogP contribution is -2.62. The summed E-state index contributed by atoms with van der Waals surface area (Å²) in [7, 11) is 0. The first kappa shape index (κ1) is 52.3. The first-order chi connectivity index (χ1) is 41.5. The highest BCUT2D eigenvalue weighted by atomic mass is 15.2. The fraction of sp³-hybridized carbons (Fsp3) is 0.190. The highest BCUT2D eigenvalue weighted by Crippen LogP contribution is 2.76. The molecule has 2 nitrogen and oxygen atoms in total. The van der Waals surface area contributed by atoms with Crippen LogP contribution in [0.3, 0.4) is 0 Å². The molecule has 12 aromatic carbocycles. The standard InChI is InChI=1S/C84H72N2/c1-79(2,3)83(69-43-27-23-39-65(69)77-63-37-19-17-35-61(63)75(51-73(77)83)85(53-29-13-11-14-30-53)55-45-47-59-57-33-21-25-41-67(57)81(7,8)71(59)49-55)84(80(4,5)6)70-44-28-24-40-66(70)78-64-38-20-18-36-62(64)76(52-74(78)84)86(54-31-15-12-16-32-54)56-46-48-60-58-34-22-26-42-68(58)82(9,10)72(60)50-56/h11-52H,1-10H3. The maximum absolute atomic E-state index is 2.68. The molecular weight excluding hydrogens is 1040 g/mol. The normalized spacial score (nSPS) is 17.9. The number of nitrogens with zero attached hydrogens (tertiary/aromatic N) is 2. The summed E-state index contributed by atoms with van der Waals surface area (Å²) in [6.45, 7) is 24.9. The Morgan fingerprint density at radius 2 is 0.547 bits per heavy atom. The molecule has 0 bridgehead atoms. The minimum atomic E-state index is -0.699. The molecule has 12 aromatic rings. The second-order valence-electron chi connectivity index (χ2n) is 28.0. The van der Waals surface area contributed by atoms with Crippen molar-refractivity contribution in [3.63, 3.8) is 0 Å². The second-order valence-corrected chi connectivity index (χ2v) is 28.0. The molecule has 16 rings (SSSR count). The van der Waals surface area contributed by atoms with Gasteiger partial charge in [0.25, 0.3) is 0 Å². The molecule has 0 radical (unpaired) electrons. The zero-order chi connectivity index (χ0) is 58.9. The van der Waals surface area contributed by atoms with E-state index in [0.717, 1.165) is 22.7 Å². The Kier molecular flexibility index (Phi) is 11.0. The minimum Gasteiger partial charge on any atom is -0.310 e. The van der Waals surface area contributed by atoms with E-state index in [1.165, 1.54) is 122 Å². The van der Waals surface area contributed by atoms with Gasteiger partial charge in [-0.05, 0) is 171 Å². The molecule has 4 aliphatic rings. The largest absolute Gasteiger partial charge is 0.310 e. The van der Waals surface area contributed by atoms with Crippen LogP contribution in [0.2, 0.25) is 0 Å². The highest BCUT2D eigenvalue weighted by molar-refractivity contribution is 6.14. The maximum atomic E-state index is 2.68. The van der Waals surface area contributed by atoms with Gasteiger partial charge in [-0.2, -0.15) is 0 Å². The van der Waals surface area contributed by atoms with Crippen molar-refractivity contribution in [3.05, 3.63) is 299 Å². The second kappa shape index (κ2) is 18.1. The monoisotopic (exact) mass is 1110 g/mol. The van der Waals surface area contributed by atoms with Gasteiger partial charge in [-0.15, -0.1) is 0 Å². The molecular formula is C84H72N2. The number of para-hydroxylation sites is 2. The third-order valence-corrected chi connectivity index (χ3v) is 21.0. The van der Waals surface area contributed by atoms with Crippen molar-refractivity contribution < 1.29 is 0 Å². The number of anilines is 6. The van der Waals surface area contributed by atoms with Gasteiger partial charge >= 0.3 is 0 Å². The molecule has 0 spiro atoms. The zero-order valence-electron chi connectivity index (χ0n) is 51.1. The molecule has 0 heterocycles. The van der Waals surface area contributed by atoms with Crippen LogP contribution in [-0.4, -0.2) is 0 Å². The Balaban J connectivity index is 1.03. The van der Waals surface area contributed by atoms with Crippen LogP contribution in [0.1, 0.15) is 114 Å². The first-order valence-electron chi connectivity index (χ1n) is 31.0. The molecule has 418 valence electrons. The molecule has 2 atom stereocenters. The van der Waals surface area contributed by atoms with Gasteiger partial charge in [0.1, 0.15) is 0 Å². The van der Waals surface area contributed by atoms with E-state index in [4.69, 9.17) is 0 Å². The molecule has 0 saturated heterocycles. The number of hydrogen-bond acceptors (Lipinski definition) is 2. The zero-order valence-corrected chi connectivity index (χ0v) is 51.1. The Hall–Kier alpha value is -9.24. The van der Waals surface area contributed by atoms with Crippen molar-refractivity contribution in [3.8, 4) is 44.5 Å². The van der Waals surface area contributed by atoms with Crippen LogP contribution in [0.15, 0.2) is 255 Å². The molecule has 0 saturated carbocycles. The van der Waals surface area contributed by atoms with Gasteiger partial charge in [-0.25, -0.2) is 0 Å². The van der Waals surface area contributed by atoms with Crippen molar-refractivity contribution in [1.82, 2.24) is 0 Å². The van der Waals surface area contributed by atoms with Crippen LogP contribution in [0.25, 0.3) is 66.1 Å². The van der Waals surface area contributed by atoms with Gasteiger partial charge < -0.3 is 9.80 Å². The van der Waals surface area contributed by atoms with Crippen LogP contribution in [0.5, 0.6) is 0 Å². The van der Waals surface area contributed by atoms with Crippen LogP contribution in [0, 0.1) is 10.8 Å². The average Bonchev–Trinajstić information content (AvgIpc) is 1.46. The number of rotatable bonds is 7. The van der Waals surface area contributed by atoms with Crippen LogP contribution in [0.4, 0.5) is 34.1 Å². The summed E-state index contributed by atoms with van der Waals surface area (Å²) in [6.07, 6.45) is 0. The molecule has 0 fully saturated rings. The number of benzene rings is 12. The molecule has 86 heavy (non-hydrogen) atoms. The summed E-state index contributed by atoms with van der Waals surface area (Å²) < 4.78 is 0. The Bertz CT molecular complexity index is 4490. The first-order valence-corrected chi connectivity index (χ1v) is 31.0. The third kappa shape index (κ3) is 6.73. The predicted molar refractivity (Wildman–Crippen MR) is 364 cm³/mol. The van der Waals surface area contributed by atoms with Crippen molar-refractivity contribution in [2.75, 3.05) is 9.80 Å². The topological polar surface area (TPSA) is 6.48 Å². The van der Waals surface area contributed by atoms with Crippen LogP contribution >= 0.6 is 0 Å². The SMILES string of the molecule is CC1(C)c2ccccc2-c2ccc(N(c3ccccc3)c3cc4c(c5ccccc35)-c3ccccc3C4(C(C)(C)C)C3(C(C)(C)C)c4ccccc4-c4c3cc(N(c3ccccc3)c3ccc5c(c3)C(C)(C)c3ccccc3-5)c3ccccc43)cc21. The molecule has 0 aromatic heterocycles. The van der Waals surface area contributed by atoms with Gasteiger partial charge in [0, 0.05) is 55.2 Å². The molecule has 0 amide bonds. The summed E-state index contributed by atoms with van der Waals surface area (Å²) in [5.74, 6) is 0.